The SMILES string of the molecule is CCC1(C(=O)O)CCCN1C(=O)c1cnn(C)c1. The molecule has 2 heterocycles. The first-order valence-corrected chi connectivity index (χ1v) is 6.05. The van der Waals surface area contributed by atoms with Crippen LogP contribution in [0.4, 0.5) is 0 Å². The molecule has 1 atom stereocenters. The highest BCUT2D eigenvalue weighted by molar-refractivity contribution is 5.98. The summed E-state index contributed by atoms with van der Waals surface area (Å²) in [5.41, 5.74) is -0.606. The Labute approximate surface area is 105 Å². The summed E-state index contributed by atoms with van der Waals surface area (Å²) in [4.78, 5) is 25.3. The van der Waals surface area contributed by atoms with Gasteiger partial charge in [0, 0.05) is 19.8 Å². The van der Waals surface area contributed by atoms with Crippen molar-refractivity contribution in [2.24, 2.45) is 7.05 Å². The Morgan fingerprint density at radius 2 is 2.28 bits per heavy atom. The second-order valence-electron chi connectivity index (χ2n) is 4.65. The van der Waals surface area contributed by atoms with E-state index in [4.69, 9.17) is 0 Å². The van der Waals surface area contributed by atoms with E-state index >= 15 is 0 Å². The Kier molecular flexibility index (Phi) is 3.11. The molecule has 98 valence electrons. The first-order chi connectivity index (χ1) is 8.51. The molecule has 0 saturated carbocycles. The average Bonchev–Trinajstić information content (AvgIpc) is 2.94. The number of carboxylic acid groups (broad SMARTS) is 1. The van der Waals surface area contributed by atoms with Gasteiger partial charge in [-0.25, -0.2) is 4.79 Å². The second-order valence-corrected chi connectivity index (χ2v) is 4.65. The van der Waals surface area contributed by atoms with Gasteiger partial charge in [0.1, 0.15) is 5.54 Å². The summed E-state index contributed by atoms with van der Waals surface area (Å²) < 4.78 is 1.54. The molecule has 6 heteroatoms. The normalized spacial score (nSPS) is 23.3. The van der Waals surface area contributed by atoms with Gasteiger partial charge in [0.25, 0.3) is 5.91 Å². The Morgan fingerprint density at radius 3 is 2.78 bits per heavy atom. The molecular formula is C12H17N3O3. The predicted molar refractivity (Wildman–Crippen MR) is 64.1 cm³/mol. The molecule has 1 aliphatic rings. The fourth-order valence-electron chi connectivity index (χ4n) is 2.60. The number of aromatic nitrogens is 2. The molecular weight excluding hydrogens is 234 g/mol. The molecule has 0 spiro atoms. The summed E-state index contributed by atoms with van der Waals surface area (Å²) >= 11 is 0. The van der Waals surface area contributed by atoms with Crippen LogP contribution in [0.1, 0.15) is 36.5 Å². The van der Waals surface area contributed by atoms with E-state index in [0.717, 1.165) is 6.42 Å². The van der Waals surface area contributed by atoms with Gasteiger partial charge in [-0.3, -0.25) is 9.48 Å². The first-order valence-electron chi connectivity index (χ1n) is 6.05. The summed E-state index contributed by atoms with van der Waals surface area (Å²) in [6, 6.07) is 0. The van der Waals surface area contributed by atoms with Gasteiger partial charge < -0.3 is 10.0 Å². The third kappa shape index (κ3) is 1.77. The highest BCUT2D eigenvalue weighted by Crippen LogP contribution is 2.33. The maximum absolute atomic E-state index is 12.3. The van der Waals surface area contributed by atoms with Crippen LogP contribution in [0, 0.1) is 0 Å². The zero-order chi connectivity index (χ0) is 13.3. The lowest BCUT2D eigenvalue weighted by molar-refractivity contribution is -0.148. The topological polar surface area (TPSA) is 75.4 Å². The number of rotatable bonds is 3. The van der Waals surface area contributed by atoms with Gasteiger partial charge >= 0.3 is 5.97 Å². The van der Waals surface area contributed by atoms with Crippen LogP contribution in [0.5, 0.6) is 0 Å². The fourth-order valence-corrected chi connectivity index (χ4v) is 2.60. The van der Waals surface area contributed by atoms with Crippen LogP contribution in [0.25, 0.3) is 0 Å². The Bertz CT molecular complexity index is 483. The van der Waals surface area contributed by atoms with E-state index in [2.05, 4.69) is 5.10 Å². The van der Waals surface area contributed by atoms with Crippen LogP contribution in [-0.4, -0.2) is 43.7 Å². The van der Waals surface area contributed by atoms with Crippen LogP contribution in [0.3, 0.4) is 0 Å². The summed E-state index contributed by atoms with van der Waals surface area (Å²) in [7, 11) is 1.73. The lowest BCUT2D eigenvalue weighted by Crippen LogP contribution is -2.52. The highest BCUT2D eigenvalue weighted by Gasteiger charge is 2.48. The maximum atomic E-state index is 12.3. The van der Waals surface area contributed by atoms with Crippen molar-refractivity contribution in [1.29, 1.82) is 0 Å². The predicted octanol–water partition coefficient (Wildman–Crippen LogP) is 0.889. The van der Waals surface area contributed by atoms with Crippen LogP contribution >= 0.6 is 0 Å². The van der Waals surface area contributed by atoms with Crippen molar-refractivity contribution in [2.75, 3.05) is 6.54 Å². The van der Waals surface area contributed by atoms with E-state index in [1.807, 2.05) is 6.92 Å². The molecule has 0 aliphatic carbocycles. The van der Waals surface area contributed by atoms with Crippen molar-refractivity contribution in [3.8, 4) is 0 Å². The molecule has 0 radical (unpaired) electrons. The molecule has 1 aliphatic heterocycles. The number of aryl methyl sites for hydroxylation is 1. The molecule has 0 aromatic carbocycles. The van der Waals surface area contributed by atoms with Gasteiger partial charge in [-0.05, 0) is 19.3 Å². The van der Waals surface area contributed by atoms with Crippen LogP contribution in [0.2, 0.25) is 0 Å². The van der Waals surface area contributed by atoms with Crippen molar-refractivity contribution in [3.05, 3.63) is 18.0 Å². The number of amides is 1. The van der Waals surface area contributed by atoms with Gasteiger partial charge in [-0.2, -0.15) is 5.10 Å². The third-order valence-corrected chi connectivity index (χ3v) is 3.67. The molecule has 2 rings (SSSR count). The number of carbonyl (C=O) groups is 2. The van der Waals surface area contributed by atoms with Crippen LogP contribution in [0.15, 0.2) is 12.4 Å². The highest BCUT2D eigenvalue weighted by atomic mass is 16.4. The standard InChI is InChI=1S/C12H17N3O3/c1-3-12(11(17)18)5-4-6-15(12)10(16)9-7-13-14(2)8-9/h7-8H,3-6H2,1-2H3,(H,17,18). The minimum absolute atomic E-state index is 0.246. The van der Waals surface area contributed by atoms with Crippen molar-refractivity contribution < 1.29 is 14.7 Å². The van der Waals surface area contributed by atoms with E-state index in [9.17, 15) is 14.7 Å². The van der Waals surface area contributed by atoms with Gasteiger partial charge in [-0.1, -0.05) is 6.92 Å². The van der Waals surface area contributed by atoms with Crippen LogP contribution in [-0.2, 0) is 11.8 Å². The number of carboxylic acids is 1. The molecule has 6 nitrogen and oxygen atoms in total. The number of hydrogen-bond acceptors (Lipinski definition) is 3. The van der Waals surface area contributed by atoms with Crippen LogP contribution < -0.4 is 0 Å². The number of carbonyl (C=O) groups excluding carboxylic acids is 1. The molecule has 1 amide bonds. The number of hydrogen-bond donors (Lipinski definition) is 1. The third-order valence-electron chi connectivity index (χ3n) is 3.67. The van der Waals surface area contributed by atoms with Gasteiger partial charge in [0.05, 0.1) is 11.8 Å². The average molecular weight is 251 g/mol. The zero-order valence-corrected chi connectivity index (χ0v) is 10.6. The molecule has 1 fully saturated rings. The second kappa shape index (κ2) is 4.44. The van der Waals surface area contributed by atoms with E-state index < -0.39 is 11.5 Å². The summed E-state index contributed by atoms with van der Waals surface area (Å²) in [6.07, 6.45) is 4.76. The Balaban J connectivity index is 2.32. The molecule has 1 aromatic rings. The molecule has 1 unspecified atom stereocenters. The largest absolute Gasteiger partial charge is 0.479 e. The van der Waals surface area contributed by atoms with Crippen molar-refractivity contribution in [3.63, 3.8) is 0 Å². The zero-order valence-electron chi connectivity index (χ0n) is 10.6. The minimum atomic E-state index is -1.05. The summed E-state index contributed by atoms with van der Waals surface area (Å²) in [5, 5.41) is 13.4. The molecule has 1 N–H and O–H groups in total. The lowest BCUT2D eigenvalue weighted by atomic mass is 9.92. The Hall–Kier alpha value is -1.85. The molecule has 1 aromatic heterocycles. The molecule has 18 heavy (non-hydrogen) atoms. The molecule has 0 bridgehead atoms. The van der Waals surface area contributed by atoms with Gasteiger partial charge in [0.2, 0.25) is 0 Å². The summed E-state index contributed by atoms with van der Waals surface area (Å²) in [5.74, 6) is -1.16. The van der Waals surface area contributed by atoms with E-state index in [0.29, 0.717) is 24.9 Å². The maximum Gasteiger partial charge on any atom is 0.329 e. The van der Waals surface area contributed by atoms with E-state index in [1.165, 1.54) is 15.8 Å². The monoisotopic (exact) mass is 251 g/mol. The lowest BCUT2D eigenvalue weighted by Gasteiger charge is -2.33. The van der Waals surface area contributed by atoms with Gasteiger partial charge in [0.15, 0.2) is 0 Å². The van der Waals surface area contributed by atoms with Crippen molar-refractivity contribution in [1.82, 2.24) is 14.7 Å². The number of aliphatic carboxylic acids is 1. The van der Waals surface area contributed by atoms with Crippen molar-refractivity contribution in [2.45, 2.75) is 31.7 Å². The quantitative estimate of drug-likeness (QED) is 0.865. The van der Waals surface area contributed by atoms with E-state index in [-0.39, 0.29) is 5.91 Å². The van der Waals surface area contributed by atoms with Crippen molar-refractivity contribution >= 4 is 11.9 Å². The smallest absolute Gasteiger partial charge is 0.329 e. The molecule has 1 saturated heterocycles. The Morgan fingerprint density at radius 1 is 1.56 bits per heavy atom. The number of likely N-dealkylation sites (tertiary alicyclic amines) is 1. The fraction of sp³-hybridized carbons (Fsp3) is 0.583. The minimum Gasteiger partial charge on any atom is -0.479 e. The van der Waals surface area contributed by atoms with Gasteiger partial charge in [-0.15, -0.1) is 0 Å². The summed E-state index contributed by atoms with van der Waals surface area (Å²) in [6.45, 7) is 2.30. The number of nitrogens with zero attached hydrogens (tertiary/aromatic N) is 3. The van der Waals surface area contributed by atoms with E-state index in [1.54, 1.807) is 13.2 Å². The first kappa shape index (κ1) is 12.6.